The summed E-state index contributed by atoms with van der Waals surface area (Å²) >= 11 is 0. The van der Waals surface area contributed by atoms with Crippen molar-refractivity contribution >= 4 is 23.7 Å². The van der Waals surface area contributed by atoms with Crippen molar-refractivity contribution in [1.82, 2.24) is 9.80 Å². The van der Waals surface area contributed by atoms with Crippen molar-refractivity contribution in [3.63, 3.8) is 0 Å². The molecule has 1 aromatic rings. The Morgan fingerprint density at radius 3 is 1.83 bits per heavy atom. The van der Waals surface area contributed by atoms with Crippen LogP contribution >= 0.6 is 0 Å². The second-order valence-electron chi connectivity index (χ2n) is 8.27. The Morgan fingerprint density at radius 1 is 0.931 bits per heavy atom. The van der Waals surface area contributed by atoms with Crippen LogP contribution in [0.2, 0.25) is 0 Å². The molecule has 3 amide bonds. The average molecular weight is 402 g/mol. The molecule has 1 heterocycles. The second-order valence-corrected chi connectivity index (χ2v) is 8.27. The Kier molecular flexibility index (Phi) is 7.16. The van der Waals surface area contributed by atoms with Gasteiger partial charge in [0.25, 0.3) is 17.7 Å². The SMILES string of the molecule is CC(C)C[C@H](C(=O)OCC(=O)N(C(C)C)C(C)C)N1C(=O)c2ccccc2C1=O. The molecule has 0 saturated carbocycles. The molecule has 29 heavy (non-hydrogen) atoms. The van der Waals surface area contributed by atoms with Crippen LogP contribution in [0.3, 0.4) is 0 Å². The summed E-state index contributed by atoms with van der Waals surface area (Å²) in [6.07, 6.45) is 0.260. The number of esters is 1. The van der Waals surface area contributed by atoms with E-state index in [0.29, 0.717) is 0 Å². The minimum absolute atomic E-state index is 0.0374. The Balaban J connectivity index is 2.19. The minimum atomic E-state index is -1.07. The summed E-state index contributed by atoms with van der Waals surface area (Å²) in [5.74, 6) is -2.03. The van der Waals surface area contributed by atoms with Crippen molar-refractivity contribution in [3.05, 3.63) is 35.4 Å². The predicted octanol–water partition coefficient (Wildman–Crippen LogP) is 2.89. The minimum Gasteiger partial charge on any atom is -0.454 e. The maximum atomic E-state index is 12.8. The highest BCUT2D eigenvalue weighted by molar-refractivity contribution is 6.22. The van der Waals surface area contributed by atoms with Crippen LogP contribution in [0.1, 0.15) is 68.7 Å². The first-order chi connectivity index (χ1) is 13.6. The zero-order valence-corrected chi connectivity index (χ0v) is 18.0. The standard InChI is InChI=1S/C22H30N2O5/c1-13(2)11-18(22(28)29-12-19(25)23(14(3)4)15(5)6)24-20(26)16-9-7-8-10-17(16)21(24)27/h7-10,13-15,18H,11-12H2,1-6H3/t18-/m1/s1. The highest BCUT2D eigenvalue weighted by Crippen LogP contribution is 2.27. The maximum Gasteiger partial charge on any atom is 0.329 e. The molecule has 1 aliphatic rings. The van der Waals surface area contributed by atoms with E-state index in [-0.39, 0.29) is 41.5 Å². The van der Waals surface area contributed by atoms with Gasteiger partial charge >= 0.3 is 5.97 Å². The van der Waals surface area contributed by atoms with Gasteiger partial charge in [0.1, 0.15) is 6.04 Å². The number of hydrogen-bond acceptors (Lipinski definition) is 5. The number of ether oxygens (including phenoxy) is 1. The van der Waals surface area contributed by atoms with Crippen molar-refractivity contribution in [1.29, 1.82) is 0 Å². The van der Waals surface area contributed by atoms with Crippen LogP contribution in [0.15, 0.2) is 24.3 Å². The molecule has 0 aromatic heterocycles. The topological polar surface area (TPSA) is 84.0 Å². The van der Waals surface area contributed by atoms with E-state index in [0.717, 1.165) is 4.90 Å². The number of hydrogen-bond donors (Lipinski definition) is 0. The van der Waals surface area contributed by atoms with Gasteiger partial charge < -0.3 is 9.64 Å². The molecule has 0 N–H and O–H groups in total. The molecule has 0 radical (unpaired) electrons. The Labute approximate surface area is 172 Å². The van der Waals surface area contributed by atoms with E-state index in [9.17, 15) is 19.2 Å². The smallest absolute Gasteiger partial charge is 0.329 e. The number of fused-ring (bicyclic) bond motifs is 1. The van der Waals surface area contributed by atoms with Gasteiger partial charge in [-0.3, -0.25) is 19.3 Å². The van der Waals surface area contributed by atoms with Gasteiger partial charge in [-0.15, -0.1) is 0 Å². The van der Waals surface area contributed by atoms with E-state index < -0.39 is 30.4 Å². The molecule has 2 rings (SSSR count). The first-order valence-corrected chi connectivity index (χ1v) is 10.0. The van der Waals surface area contributed by atoms with Crippen LogP contribution in [-0.4, -0.2) is 58.2 Å². The fraction of sp³-hybridized carbons (Fsp3) is 0.545. The van der Waals surface area contributed by atoms with Crippen molar-refractivity contribution in [2.45, 2.75) is 66.1 Å². The van der Waals surface area contributed by atoms with Crippen LogP contribution in [0.5, 0.6) is 0 Å². The summed E-state index contributed by atoms with van der Waals surface area (Å²) in [6.45, 7) is 10.9. The van der Waals surface area contributed by atoms with Gasteiger partial charge in [-0.2, -0.15) is 0 Å². The number of benzene rings is 1. The monoisotopic (exact) mass is 402 g/mol. The van der Waals surface area contributed by atoms with Crippen LogP contribution in [0, 0.1) is 5.92 Å². The number of amides is 3. The molecule has 0 bridgehead atoms. The van der Waals surface area contributed by atoms with E-state index in [1.807, 2.05) is 41.5 Å². The van der Waals surface area contributed by atoms with E-state index in [1.54, 1.807) is 29.2 Å². The van der Waals surface area contributed by atoms with E-state index in [1.165, 1.54) is 0 Å². The highest BCUT2D eigenvalue weighted by Gasteiger charge is 2.43. The molecule has 0 unspecified atom stereocenters. The third-order valence-corrected chi connectivity index (χ3v) is 4.84. The van der Waals surface area contributed by atoms with Gasteiger partial charge in [0.05, 0.1) is 11.1 Å². The molecular weight excluding hydrogens is 372 g/mol. The Bertz CT molecular complexity index is 757. The van der Waals surface area contributed by atoms with Crippen LogP contribution < -0.4 is 0 Å². The highest BCUT2D eigenvalue weighted by atomic mass is 16.5. The molecule has 0 aliphatic carbocycles. The fourth-order valence-electron chi connectivity index (χ4n) is 3.72. The molecular formula is C22H30N2O5. The van der Waals surface area contributed by atoms with Gasteiger partial charge in [0.2, 0.25) is 0 Å². The molecule has 1 atom stereocenters. The van der Waals surface area contributed by atoms with Crippen LogP contribution in [0.25, 0.3) is 0 Å². The van der Waals surface area contributed by atoms with Crippen molar-refractivity contribution in [3.8, 4) is 0 Å². The molecule has 7 heteroatoms. The lowest BCUT2D eigenvalue weighted by molar-refractivity contribution is -0.157. The number of nitrogens with zero attached hydrogens (tertiary/aromatic N) is 2. The molecule has 0 spiro atoms. The Hall–Kier alpha value is -2.70. The van der Waals surface area contributed by atoms with Gasteiger partial charge in [-0.1, -0.05) is 26.0 Å². The van der Waals surface area contributed by atoms with Crippen molar-refractivity contribution in [2.75, 3.05) is 6.61 Å². The lowest BCUT2D eigenvalue weighted by Gasteiger charge is -2.31. The average Bonchev–Trinajstić information content (AvgIpc) is 2.88. The van der Waals surface area contributed by atoms with Crippen LogP contribution in [0.4, 0.5) is 0 Å². The second kappa shape index (κ2) is 9.20. The molecule has 0 saturated heterocycles. The van der Waals surface area contributed by atoms with Gasteiger partial charge in [0.15, 0.2) is 6.61 Å². The predicted molar refractivity (Wildman–Crippen MR) is 108 cm³/mol. The number of imide groups is 1. The third kappa shape index (κ3) is 4.83. The number of carbonyl (C=O) groups excluding carboxylic acids is 4. The maximum absolute atomic E-state index is 12.8. The zero-order valence-electron chi connectivity index (χ0n) is 18.0. The van der Waals surface area contributed by atoms with E-state index >= 15 is 0 Å². The quantitative estimate of drug-likeness (QED) is 0.493. The van der Waals surface area contributed by atoms with E-state index in [2.05, 4.69) is 0 Å². The third-order valence-electron chi connectivity index (χ3n) is 4.84. The summed E-state index contributed by atoms with van der Waals surface area (Å²) in [7, 11) is 0. The molecule has 0 fully saturated rings. The van der Waals surface area contributed by atoms with Crippen molar-refractivity contribution in [2.24, 2.45) is 5.92 Å². The number of rotatable bonds is 8. The largest absolute Gasteiger partial charge is 0.454 e. The lowest BCUT2D eigenvalue weighted by atomic mass is 10.0. The van der Waals surface area contributed by atoms with Gasteiger partial charge in [-0.25, -0.2) is 4.79 Å². The molecule has 1 aliphatic heterocycles. The molecule has 7 nitrogen and oxygen atoms in total. The van der Waals surface area contributed by atoms with Crippen molar-refractivity contribution < 1.29 is 23.9 Å². The normalized spacial score (nSPS) is 14.6. The lowest BCUT2D eigenvalue weighted by Crippen LogP contribution is -2.48. The summed E-state index contributed by atoms with van der Waals surface area (Å²) in [6, 6.07) is 5.34. The number of carbonyl (C=O) groups is 4. The van der Waals surface area contributed by atoms with Gasteiger partial charge in [-0.05, 0) is 52.2 Å². The first-order valence-electron chi connectivity index (χ1n) is 10.0. The Morgan fingerprint density at radius 2 is 1.41 bits per heavy atom. The molecule has 1 aromatic carbocycles. The zero-order chi connectivity index (χ0) is 21.9. The van der Waals surface area contributed by atoms with Crippen LogP contribution in [-0.2, 0) is 14.3 Å². The van der Waals surface area contributed by atoms with E-state index in [4.69, 9.17) is 4.74 Å². The summed E-state index contributed by atoms with van der Waals surface area (Å²) in [5, 5.41) is 0. The summed E-state index contributed by atoms with van der Waals surface area (Å²) < 4.78 is 5.28. The first kappa shape index (κ1) is 22.6. The molecule has 158 valence electrons. The van der Waals surface area contributed by atoms with Gasteiger partial charge in [0, 0.05) is 12.1 Å². The summed E-state index contributed by atoms with van der Waals surface area (Å²) in [5.41, 5.74) is 0.557. The fourth-order valence-corrected chi connectivity index (χ4v) is 3.72. The summed E-state index contributed by atoms with van der Waals surface area (Å²) in [4.78, 5) is 53.5.